The van der Waals surface area contributed by atoms with E-state index in [1.165, 1.54) is 11.8 Å². The van der Waals surface area contributed by atoms with E-state index in [9.17, 15) is 5.11 Å². The van der Waals surface area contributed by atoms with Gasteiger partial charge < -0.3 is 15.8 Å². The van der Waals surface area contributed by atoms with E-state index in [-0.39, 0.29) is 17.6 Å². The average molecular weight is 269 g/mol. The van der Waals surface area contributed by atoms with Crippen LogP contribution in [-0.4, -0.2) is 33.5 Å². The van der Waals surface area contributed by atoms with Gasteiger partial charge in [-0.15, -0.1) is 0 Å². The van der Waals surface area contributed by atoms with Crippen LogP contribution in [0.15, 0.2) is 11.2 Å². The zero-order chi connectivity index (χ0) is 13.3. The Labute approximate surface area is 111 Å². The number of nitrogens with two attached hydrogens (primary N) is 1. The number of nitrogens with zero attached hydrogens (tertiary/aromatic N) is 2. The first-order valence-electron chi connectivity index (χ1n) is 5.81. The van der Waals surface area contributed by atoms with Gasteiger partial charge in [-0.3, -0.25) is 0 Å². The van der Waals surface area contributed by atoms with E-state index in [2.05, 4.69) is 20.7 Å². The molecular formula is C11H19N5OS. The summed E-state index contributed by atoms with van der Waals surface area (Å²) in [6.07, 6.45) is 2.39. The molecule has 0 radical (unpaired) electrons. The summed E-state index contributed by atoms with van der Waals surface area (Å²) in [6.45, 7) is 4.08. The van der Waals surface area contributed by atoms with Gasteiger partial charge in [0.05, 0.1) is 6.10 Å². The minimum atomic E-state index is -0.260. The number of aromatic nitrogens is 2. The number of nitrogen functional groups attached to an aromatic ring is 1. The predicted molar refractivity (Wildman–Crippen MR) is 73.4 cm³/mol. The monoisotopic (exact) mass is 269 g/mol. The molecule has 2 unspecified atom stereocenters. The zero-order valence-electron chi connectivity index (χ0n) is 10.8. The first kappa shape index (κ1) is 13.4. The fourth-order valence-electron chi connectivity index (χ4n) is 1.99. The minimum absolute atomic E-state index is 0.138. The molecule has 0 saturated heterocycles. The lowest BCUT2D eigenvalue weighted by molar-refractivity contribution is -0.0511. The number of thioether (sulfide) groups is 1. The molecule has 1 heterocycles. The number of nitrogens with one attached hydrogen (secondary N) is 2. The Balaban J connectivity index is 2.14. The normalized spacial score (nSPS) is 25.4. The summed E-state index contributed by atoms with van der Waals surface area (Å²) >= 11 is 1.46. The maximum absolute atomic E-state index is 9.72. The van der Waals surface area contributed by atoms with Gasteiger partial charge in [-0.25, -0.2) is 15.8 Å². The highest BCUT2D eigenvalue weighted by Crippen LogP contribution is 2.42. The molecule has 2 rings (SSSR count). The molecule has 0 bridgehead atoms. The number of aliphatic hydroxyl groups is 1. The molecule has 6 nitrogen and oxygen atoms in total. The van der Waals surface area contributed by atoms with Gasteiger partial charge in [0.1, 0.15) is 11.6 Å². The topological polar surface area (TPSA) is 96.1 Å². The third kappa shape index (κ3) is 2.38. The highest BCUT2D eigenvalue weighted by atomic mass is 32.2. The van der Waals surface area contributed by atoms with Crippen molar-refractivity contribution in [3.05, 3.63) is 6.07 Å². The minimum Gasteiger partial charge on any atom is -0.392 e. The van der Waals surface area contributed by atoms with Crippen molar-refractivity contribution in [2.45, 2.75) is 37.6 Å². The second-order valence-electron chi connectivity index (χ2n) is 5.04. The van der Waals surface area contributed by atoms with E-state index in [1.54, 1.807) is 6.07 Å². The molecule has 2 atom stereocenters. The van der Waals surface area contributed by atoms with Gasteiger partial charge in [-0.05, 0) is 12.7 Å². The summed E-state index contributed by atoms with van der Waals surface area (Å²) in [7, 11) is 0. The smallest absolute Gasteiger partial charge is 0.191 e. The molecule has 18 heavy (non-hydrogen) atoms. The molecule has 0 spiro atoms. The molecular weight excluding hydrogens is 250 g/mol. The van der Waals surface area contributed by atoms with Crippen LogP contribution in [0.2, 0.25) is 0 Å². The highest BCUT2D eigenvalue weighted by molar-refractivity contribution is 7.98. The van der Waals surface area contributed by atoms with Crippen LogP contribution in [0.5, 0.6) is 0 Å². The quantitative estimate of drug-likeness (QED) is 0.281. The number of hydrogen-bond donors (Lipinski definition) is 4. The largest absolute Gasteiger partial charge is 0.392 e. The lowest BCUT2D eigenvalue weighted by Gasteiger charge is -2.49. The summed E-state index contributed by atoms with van der Waals surface area (Å²) in [5, 5.41) is 13.7. The molecule has 0 amide bonds. The van der Waals surface area contributed by atoms with Crippen molar-refractivity contribution < 1.29 is 5.11 Å². The fraction of sp³-hybridized carbons (Fsp3) is 0.636. The van der Waals surface area contributed by atoms with Gasteiger partial charge >= 0.3 is 0 Å². The molecule has 1 aromatic heterocycles. The van der Waals surface area contributed by atoms with E-state index in [4.69, 9.17) is 5.84 Å². The van der Waals surface area contributed by atoms with Crippen molar-refractivity contribution in [2.75, 3.05) is 17.0 Å². The number of anilines is 2. The molecule has 1 saturated carbocycles. The van der Waals surface area contributed by atoms with Crippen LogP contribution < -0.4 is 16.6 Å². The number of rotatable bonds is 4. The van der Waals surface area contributed by atoms with E-state index in [1.807, 2.05) is 20.1 Å². The van der Waals surface area contributed by atoms with E-state index < -0.39 is 0 Å². The van der Waals surface area contributed by atoms with Gasteiger partial charge in [0.2, 0.25) is 0 Å². The number of hydrazine groups is 1. The zero-order valence-corrected chi connectivity index (χ0v) is 11.6. The molecule has 1 aromatic rings. The van der Waals surface area contributed by atoms with Crippen LogP contribution in [0.1, 0.15) is 20.3 Å². The Morgan fingerprint density at radius 2 is 2.11 bits per heavy atom. The summed E-state index contributed by atoms with van der Waals surface area (Å²) < 4.78 is 0. The van der Waals surface area contributed by atoms with Gasteiger partial charge in [0, 0.05) is 17.5 Å². The Morgan fingerprint density at radius 3 is 2.61 bits per heavy atom. The third-order valence-electron chi connectivity index (χ3n) is 3.57. The molecule has 1 fully saturated rings. The van der Waals surface area contributed by atoms with Crippen LogP contribution >= 0.6 is 11.8 Å². The first-order chi connectivity index (χ1) is 8.47. The lowest BCUT2D eigenvalue weighted by atomic mass is 9.64. The van der Waals surface area contributed by atoms with Crippen LogP contribution in [0.4, 0.5) is 11.6 Å². The molecule has 100 valence electrons. The summed E-state index contributed by atoms with van der Waals surface area (Å²) in [5.41, 5.74) is 2.39. The van der Waals surface area contributed by atoms with Crippen molar-refractivity contribution in [1.82, 2.24) is 9.97 Å². The van der Waals surface area contributed by atoms with Crippen molar-refractivity contribution in [3.8, 4) is 0 Å². The molecule has 7 heteroatoms. The highest BCUT2D eigenvalue weighted by Gasteiger charge is 2.47. The Kier molecular flexibility index (Phi) is 3.65. The average Bonchev–Trinajstić information content (AvgIpc) is 2.38. The summed E-state index contributed by atoms with van der Waals surface area (Å²) in [5.74, 6) is 6.68. The van der Waals surface area contributed by atoms with Crippen LogP contribution in [0.25, 0.3) is 0 Å². The first-order valence-corrected chi connectivity index (χ1v) is 7.04. The van der Waals surface area contributed by atoms with E-state index >= 15 is 0 Å². The van der Waals surface area contributed by atoms with Crippen molar-refractivity contribution in [1.29, 1.82) is 0 Å². The lowest BCUT2D eigenvalue weighted by Crippen LogP contribution is -2.57. The predicted octanol–water partition coefficient (Wildman–Crippen LogP) is 1.06. The van der Waals surface area contributed by atoms with Gasteiger partial charge in [-0.2, -0.15) is 0 Å². The SMILES string of the molecule is CSc1nc(NN)cc(NC2CC(O)C2(C)C)n1. The number of hydrogen-bond acceptors (Lipinski definition) is 7. The van der Waals surface area contributed by atoms with E-state index in [0.29, 0.717) is 11.0 Å². The van der Waals surface area contributed by atoms with Gasteiger partial charge in [0.25, 0.3) is 0 Å². The summed E-state index contributed by atoms with van der Waals surface area (Å²) in [4.78, 5) is 8.57. The molecule has 1 aliphatic carbocycles. The fourth-order valence-corrected chi connectivity index (χ4v) is 2.37. The molecule has 1 aliphatic rings. The van der Waals surface area contributed by atoms with Crippen LogP contribution in [0, 0.1) is 5.41 Å². The van der Waals surface area contributed by atoms with Crippen LogP contribution in [0.3, 0.4) is 0 Å². The number of aliphatic hydroxyl groups excluding tert-OH is 1. The van der Waals surface area contributed by atoms with Crippen molar-refractivity contribution >= 4 is 23.4 Å². The van der Waals surface area contributed by atoms with Crippen molar-refractivity contribution in [3.63, 3.8) is 0 Å². The standard InChI is InChI=1S/C11H19N5OS/c1-11(2)6(4-7(11)17)13-8-5-9(16-12)15-10(14-8)18-3/h5-7,17H,4,12H2,1-3H3,(H2,13,14,15,16). The third-order valence-corrected chi connectivity index (χ3v) is 4.12. The maximum Gasteiger partial charge on any atom is 0.191 e. The van der Waals surface area contributed by atoms with E-state index in [0.717, 1.165) is 12.2 Å². The Morgan fingerprint density at radius 1 is 1.44 bits per heavy atom. The summed E-state index contributed by atoms with van der Waals surface area (Å²) in [6, 6.07) is 1.98. The Hall–Kier alpha value is -1.05. The van der Waals surface area contributed by atoms with Crippen LogP contribution in [-0.2, 0) is 0 Å². The molecule has 0 aliphatic heterocycles. The maximum atomic E-state index is 9.72. The second-order valence-corrected chi connectivity index (χ2v) is 5.81. The second kappa shape index (κ2) is 4.91. The Bertz CT molecular complexity index is 417. The van der Waals surface area contributed by atoms with Gasteiger partial charge in [0.15, 0.2) is 5.16 Å². The van der Waals surface area contributed by atoms with Crippen molar-refractivity contribution in [2.24, 2.45) is 11.3 Å². The molecule has 0 aromatic carbocycles. The van der Waals surface area contributed by atoms with Gasteiger partial charge in [-0.1, -0.05) is 25.6 Å². The molecule has 5 N–H and O–H groups in total.